The predicted octanol–water partition coefficient (Wildman–Crippen LogP) is 3.27. The Bertz CT molecular complexity index is 1620. The summed E-state index contributed by atoms with van der Waals surface area (Å²) in [4.78, 5) is 22.9. The van der Waals surface area contributed by atoms with E-state index in [0.717, 1.165) is 49.6 Å². The van der Waals surface area contributed by atoms with Crippen LogP contribution in [0.4, 0.5) is 20.2 Å². The molecular weight excluding hydrogens is 528 g/mol. The molecule has 2 aromatic heterocycles. The number of pyridine rings is 1. The Morgan fingerprint density at radius 3 is 2.54 bits per heavy atom. The predicted molar refractivity (Wildman–Crippen MR) is 146 cm³/mol. The number of piperazine rings is 1. The van der Waals surface area contributed by atoms with Crippen molar-refractivity contribution in [1.82, 2.24) is 15.3 Å². The Kier molecular flexibility index (Phi) is 7.60. The van der Waals surface area contributed by atoms with Crippen molar-refractivity contribution in [1.29, 1.82) is 0 Å². The minimum Gasteiger partial charge on any atom is -0.396 e. The molecule has 1 aliphatic heterocycles. The Hall–Kier alpha value is -3.87. The first-order valence-electron chi connectivity index (χ1n) is 12.4. The zero-order valence-electron chi connectivity index (χ0n) is 20.9. The number of aromatic nitrogens is 2. The number of ketones is 1. The average molecular weight is 556 g/mol. The van der Waals surface area contributed by atoms with Gasteiger partial charge in [0.15, 0.2) is 5.82 Å². The maximum absolute atomic E-state index is 15.3. The second kappa shape index (κ2) is 11.1. The molecule has 204 valence electrons. The summed E-state index contributed by atoms with van der Waals surface area (Å²) in [7, 11) is -4.02. The smallest absolute Gasteiger partial charge is 0.232 e. The number of nitrogens with one attached hydrogen (secondary N) is 3. The molecule has 0 saturated carbocycles. The number of hydrogen-bond acceptors (Lipinski definition) is 7. The molecule has 4 N–H and O–H groups in total. The minimum atomic E-state index is -4.02. The number of H-pyrrole nitrogens is 1. The number of sulfonamides is 1. The van der Waals surface area contributed by atoms with Crippen LogP contribution < -0.4 is 14.9 Å². The zero-order valence-corrected chi connectivity index (χ0v) is 21.7. The third-order valence-corrected chi connectivity index (χ3v) is 7.97. The van der Waals surface area contributed by atoms with Gasteiger partial charge >= 0.3 is 0 Å². The standard InChI is InChI=1S/C27H27F2N5O4S/c28-22-6-7-23(33-39(37,38)13-1-12-35)25(29)24(22)26(36)21-16-32-27-20(21)14-18(15-31-27)17-2-4-19(5-3-17)34-10-8-30-9-11-34/h2-7,14-16,30,33,35H,1,8-13H2,(H,31,32). The number of hydrogen-bond donors (Lipinski definition) is 4. The van der Waals surface area contributed by atoms with Crippen LogP contribution in [0.15, 0.2) is 54.9 Å². The Morgan fingerprint density at radius 2 is 1.82 bits per heavy atom. The summed E-state index contributed by atoms with van der Waals surface area (Å²) in [5.41, 5.74) is 1.60. The van der Waals surface area contributed by atoms with Gasteiger partial charge in [-0.2, -0.15) is 0 Å². The topological polar surface area (TPSA) is 127 Å². The highest BCUT2D eigenvalue weighted by molar-refractivity contribution is 7.92. The molecule has 0 bridgehead atoms. The van der Waals surface area contributed by atoms with Gasteiger partial charge in [-0.15, -0.1) is 0 Å². The normalized spacial score (nSPS) is 14.1. The van der Waals surface area contributed by atoms with Crippen molar-refractivity contribution in [3.05, 3.63) is 77.6 Å². The van der Waals surface area contributed by atoms with Crippen LogP contribution in [-0.4, -0.2) is 67.8 Å². The molecule has 0 atom stereocenters. The lowest BCUT2D eigenvalue weighted by Crippen LogP contribution is -2.43. The monoisotopic (exact) mass is 555 g/mol. The van der Waals surface area contributed by atoms with Gasteiger partial charge in [-0.05, 0) is 42.3 Å². The fourth-order valence-corrected chi connectivity index (χ4v) is 5.69. The van der Waals surface area contributed by atoms with Gasteiger partial charge in [-0.3, -0.25) is 9.52 Å². The third-order valence-electron chi connectivity index (χ3n) is 6.61. The van der Waals surface area contributed by atoms with Crippen molar-refractivity contribution in [2.24, 2.45) is 0 Å². The van der Waals surface area contributed by atoms with Crippen molar-refractivity contribution in [2.75, 3.05) is 48.2 Å². The van der Waals surface area contributed by atoms with Crippen LogP contribution in [0.25, 0.3) is 22.2 Å². The molecule has 4 aromatic rings. The molecule has 3 heterocycles. The van der Waals surface area contributed by atoms with E-state index in [1.165, 1.54) is 6.20 Å². The summed E-state index contributed by atoms with van der Waals surface area (Å²) in [6, 6.07) is 11.4. The number of fused-ring (bicyclic) bond motifs is 1. The number of carbonyl (C=O) groups excluding carboxylic acids is 1. The van der Waals surface area contributed by atoms with Crippen molar-refractivity contribution in [3.8, 4) is 11.1 Å². The summed E-state index contributed by atoms with van der Waals surface area (Å²) in [5, 5.41) is 12.6. The Balaban J connectivity index is 1.46. The van der Waals surface area contributed by atoms with Crippen molar-refractivity contribution < 1.29 is 27.1 Å². The van der Waals surface area contributed by atoms with Crippen molar-refractivity contribution in [2.45, 2.75) is 6.42 Å². The fourth-order valence-electron chi connectivity index (χ4n) is 4.58. The molecule has 2 aromatic carbocycles. The number of aliphatic hydroxyl groups excluding tert-OH is 1. The summed E-state index contributed by atoms with van der Waals surface area (Å²) in [5.74, 6) is -3.87. The molecule has 0 spiro atoms. The van der Waals surface area contributed by atoms with Crippen LogP contribution in [-0.2, 0) is 10.0 Å². The lowest BCUT2D eigenvalue weighted by atomic mass is 9.99. The zero-order chi connectivity index (χ0) is 27.6. The Labute approximate surface area is 223 Å². The number of aromatic amines is 1. The van der Waals surface area contributed by atoms with Gasteiger partial charge < -0.3 is 20.3 Å². The number of aliphatic hydroxyl groups is 1. The molecule has 1 fully saturated rings. The molecule has 5 rings (SSSR count). The molecule has 1 aliphatic rings. The SMILES string of the molecule is O=C(c1c(F)ccc(NS(=O)(=O)CCCO)c1F)c1c[nH]c2ncc(-c3ccc(N4CCNCC4)cc3)cc12. The second-order valence-corrected chi connectivity index (χ2v) is 11.1. The van der Waals surface area contributed by atoms with Gasteiger partial charge in [0, 0.05) is 67.4 Å². The number of carbonyl (C=O) groups is 1. The summed E-state index contributed by atoms with van der Waals surface area (Å²) in [6.07, 6.45) is 2.91. The average Bonchev–Trinajstić information content (AvgIpc) is 3.37. The molecule has 1 saturated heterocycles. The van der Waals surface area contributed by atoms with Crippen LogP contribution >= 0.6 is 0 Å². The highest BCUT2D eigenvalue weighted by Gasteiger charge is 2.26. The van der Waals surface area contributed by atoms with E-state index in [9.17, 15) is 17.6 Å². The summed E-state index contributed by atoms with van der Waals surface area (Å²) >= 11 is 0. The van der Waals surface area contributed by atoms with E-state index in [1.807, 2.05) is 29.0 Å². The Morgan fingerprint density at radius 1 is 1.08 bits per heavy atom. The number of benzene rings is 2. The maximum Gasteiger partial charge on any atom is 0.232 e. The lowest BCUT2D eigenvalue weighted by molar-refractivity contribution is 0.103. The highest BCUT2D eigenvalue weighted by Crippen LogP contribution is 2.30. The lowest BCUT2D eigenvalue weighted by Gasteiger charge is -2.29. The fraction of sp³-hybridized carbons (Fsp3) is 0.259. The highest BCUT2D eigenvalue weighted by atomic mass is 32.2. The van der Waals surface area contributed by atoms with E-state index in [4.69, 9.17) is 5.11 Å². The van der Waals surface area contributed by atoms with Crippen LogP contribution in [0.3, 0.4) is 0 Å². The van der Waals surface area contributed by atoms with E-state index in [2.05, 4.69) is 20.2 Å². The number of anilines is 2. The van der Waals surface area contributed by atoms with E-state index < -0.39 is 44.4 Å². The molecule has 0 unspecified atom stereocenters. The quantitative estimate of drug-likeness (QED) is 0.234. The largest absolute Gasteiger partial charge is 0.396 e. The van der Waals surface area contributed by atoms with Crippen LogP contribution in [0.5, 0.6) is 0 Å². The molecule has 0 radical (unpaired) electrons. The molecule has 0 amide bonds. The minimum absolute atomic E-state index is 0.00475. The van der Waals surface area contributed by atoms with Gasteiger partial charge in [0.2, 0.25) is 15.8 Å². The molecule has 12 heteroatoms. The number of nitrogens with zero attached hydrogens (tertiary/aromatic N) is 2. The molecule has 9 nitrogen and oxygen atoms in total. The van der Waals surface area contributed by atoms with E-state index in [1.54, 1.807) is 12.3 Å². The van der Waals surface area contributed by atoms with E-state index >= 15 is 4.39 Å². The summed E-state index contributed by atoms with van der Waals surface area (Å²) in [6.45, 7) is 3.31. The van der Waals surface area contributed by atoms with Crippen molar-refractivity contribution >= 4 is 38.2 Å². The van der Waals surface area contributed by atoms with Crippen LogP contribution in [0, 0.1) is 11.6 Å². The van der Waals surface area contributed by atoms with Gasteiger partial charge in [-0.25, -0.2) is 22.2 Å². The van der Waals surface area contributed by atoms with Gasteiger partial charge in [0.1, 0.15) is 11.5 Å². The van der Waals surface area contributed by atoms with E-state index in [-0.39, 0.29) is 18.6 Å². The van der Waals surface area contributed by atoms with Crippen LogP contribution in [0.2, 0.25) is 0 Å². The number of halogens is 2. The second-order valence-electron chi connectivity index (χ2n) is 9.22. The summed E-state index contributed by atoms with van der Waals surface area (Å²) < 4.78 is 56.4. The first-order chi connectivity index (χ1) is 18.8. The number of rotatable bonds is 9. The van der Waals surface area contributed by atoms with Crippen molar-refractivity contribution in [3.63, 3.8) is 0 Å². The van der Waals surface area contributed by atoms with Gasteiger partial charge in [0.25, 0.3) is 0 Å². The first kappa shape index (κ1) is 26.7. The molecule has 0 aliphatic carbocycles. The maximum atomic E-state index is 15.3. The molecular formula is C27H27F2N5O4S. The van der Waals surface area contributed by atoms with Gasteiger partial charge in [0.05, 0.1) is 17.0 Å². The van der Waals surface area contributed by atoms with Crippen LogP contribution in [0.1, 0.15) is 22.3 Å². The third kappa shape index (κ3) is 5.63. The first-order valence-corrected chi connectivity index (χ1v) is 14.1. The van der Waals surface area contributed by atoms with Gasteiger partial charge in [-0.1, -0.05) is 12.1 Å². The molecule has 39 heavy (non-hydrogen) atoms. The van der Waals surface area contributed by atoms with E-state index in [0.29, 0.717) is 16.6 Å².